The fraction of sp³-hybridized carbons (Fsp3) is 0.0204. The fourth-order valence-corrected chi connectivity index (χ4v) is 7.07. The van der Waals surface area contributed by atoms with E-state index in [4.69, 9.17) is 34.3 Å². The highest BCUT2D eigenvalue weighted by atomic mass is 16.3. The molecule has 264 valence electrons. The van der Waals surface area contributed by atoms with Crippen molar-refractivity contribution in [3.8, 4) is 79.5 Å². The summed E-state index contributed by atoms with van der Waals surface area (Å²) in [5.41, 5.74) is 10.3. The normalized spacial score (nSPS) is 11.3. The maximum atomic E-state index is 6.56. The van der Waals surface area contributed by atoms with E-state index in [2.05, 4.69) is 61.5 Å². The van der Waals surface area contributed by atoms with Gasteiger partial charge in [-0.1, -0.05) is 163 Å². The molecule has 0 N–H and O–H groups in total. The third-order valence-corrected chi connectivity index (χ3v) is 9.86. The van der Waals surface area contributed by atoms with Gasteiger partial charge >= 0.3 is 0 Å². The van der Waals surface area contributed by atoms with Gasteiger partial charge in [0.2, 0.25) is 0 Å². The Morgan fingerprint density at radius 3 is 1.32 bits per heavy atom. The largest absolute Gasteiger partial charge is 0.456 e. The molecule has 7 nitrogen and oxygen atoms in total. The van der Waals surface area contributed by atoms with E-state index in [-0.39, 0.29) is 0 Å². The molecule has 3 heterocycles. The van der Waals surface area contributed by atoms with E-state index in [0.29, 0.717) is 40.5 Å². The minimum Gasteiger partial charge on any atom is -0.456 e. The molecule has 0 saturated heterocycles. The Morgan fingerprint density at radius 2 is 0.768 bits per heavy atom. The second-order valence-corrected chi connectivity index (χ2v) is 13.6. The fourth-order valence-electron chi connectivity index (χ4n) is 7.07. The number of aryl methyl sites for hydroxylation is 1. The molecule has 7 aromatic carbocycles. The van der Waals surface area contributed by atoms with E-state index in [0.717, 1.165) is 55.3 Å². The van der Waals surface area contributed by atoms with Gasteiger partial charge in [0.25, 0.3) is 0 Å². The third-order valence-electron chi connectivity index (χ3n) is 9.86. The molecule has 0 radical (unpaired) electrons. The highest BCUT2D eigenvalue weighted by Gasteiger charge is 2.19. The second kappa shape index (κ2) is 14.0. The van der Waals surface area contributed by atoms with E-state index in [1.807, 2.05) is 121 Å². The molecule has 0 unspecified atom stereocenters. The van der Waals surface area contributed by atoms with Crippen molar-refractivity contribution < 1.29 is 4.42 Å². The highest BCUT2D eigenvalue weighted by molar-refractivity contribution is 6.12. The van der Waals surface area contributed by atoms with Crippen LogP contribution in [0.4, 0.5) is 0 Å². The number of nitrogens with zero attached hydrogens (tertiary/aromatic N) is 6. The zero-order valence-corrected chi connectivity index (χ0v) is 30.3. The van der Waals surface area contributed by atoms with E-state index < -0.39 is 0 Å². The summed E-state index contributed by atoms with van der Waals surface area (Å²) in [5.74, 6) is 3.51. The average molecular weight is 721 g/mol. The lowest BCUT2D eigenvalue weighted by atomic mass is 10.0. The summed E-state index contributed by atoms with van der Waals surface area (Å²) in [4.78, 5) is 29.9. The zero-order valence-electron chi connectivity index (χ0n) is 30.3. The van der Waals surface area contributed by atoms with Gasteiger partial charge in [0.15, 0.2) is 34.9 Å². The number of hydrogen-bond acceptors (Lipinski definition) is 7. The Balaban J connectivity index is 1.09. The first-order valence-electron chi connectivity index (χ1n) is 18.4. The van der Waals surface area contributed by atoms with E-state index in [1.54, 1.807) is 0 Å². The van der Waals surface area contributed by atoms with E-state index in [9.17, 15) is 0 Å². The Labute approximate surface area is 323 Å². The lowest BCUT2D eigenvalue weighted by Crippen LogP contribution is -2.00. The van der Waals surface area contributed by atoms with Crippen LogP contribution < -0.4 is 0 Å². The Bertz CT molecular complexity index is 2960. The van der Waals surface area contributed by atoms with E-state index >= 15 is 0 Å². The molecule has 7 heteroatoms. The Morgan fingerprint density at radius 1 is 0.321 bits per heavy atom. The lowest BCUT2D eigenvalue weighted by molar-refractivity contribution is 0.669. The minimum atomic E-state index is 0.552. The predicted molar refractivity (Wildman–Crippen MR) is 223 cm³/mol. The molecule has 0 spiro atoms. The SMILES string of the molecule is Cc1cccc(-c2ccc(-c3nc(-c4ccccc4)nc(-c4ccc5c(c4)oc4cccc(-c6nc(-c7ccccc7)nc(-c7ccccc7)n6)c45)n3)cc2)c1. The number of aromatic nitrogens is 6. The summed E-state index contributed by atoms with van der Waals surface area (Å²) >= 11 is 0. The van der Waals surface area contributed by atoms with Crippen LogP contribution in [0.5, 0.6) is 0 Å². The first-order valence-corrected chi connectivity index (χ1v) is 18.4. The van der Waals surface area contributed by atoms with Crippen LogP contribution in [0.15, 0.2) is 180 Å². The number of hydrogen-bond donors (Lipinski definition) is 0. The third kappa shape index (κ3) is 6.27. The van der Waals surface area contributed by atoms with Crippen molar-refractivity contribution in [3.63, 3.8) is 0 Å². The number of furan rings is 1. The van der Waals surface area contributed by atoms with Crippen LogP contribution in [-0.2, 0) is 0 Å². The van der Waals surface area contributed by atoms with Crippen LogP contribution in [-0.4, -0.2) is 29.9 Å². The van der Waals surface area contributed by atoms with Gasteiger partial charge in [-0.3, -0.25) is 0 Å². The summed E-state index contributed by atoms with van der Waals surface area (Å²) in [6.07, 6.45) is 0. The molecular formula is C49H32N6O. The van der Waals surface area contributed by atoms with Gasteiger partial charge in [0.1, 0.15) is 11.2 Å². The van der Waals surface area contributed by atoms with Crippen molar-refractivity contribution in [2.75, 3.05) is 0 Å². The van der Waals surface area contributed by atoms with Crippen molar-refractivity contribution in [2.45, 2.75) is 6.92 Å². The van der Waals surface area contributed by atoms with Crippen LogP contribution in [0.3, 0.4) is 0 Å². The predicted octanol–water partition coefficient (Wildman–Crippen LogP) is 11.9. The summed E-state index contributed by atoms with van der Waals surface area (Å²) in [6, 6.07) is 59.0. The van der Waals surface area contributed by atoms with Gasteiger partial charge in [-0.05, 0) is 36.2 Å². The van der Waals surface area contributed by atoms with Crippen molar-refractivity contribution in [2.24, 2.45) is 0 Å². The van der Waals surface area contributed by atoms with Gasteiger partial charge in [0, 0.05) is 44.2 Å². The molecule has 0 bridgehead atoms. The van der Waals surface area contributed by atoms with Crippen LogP contribution in [0.25, 0.3) is 101 Å². The maximum Gasteiger partial charge on any atom is 0.164 e. The number of fused-ring (bicyclic) bond motifs is 3. The van der Waals surface area contributed by atoms with Crippen LogP contribution in [0, 0.1) is 6.92 Å². The summed E-state index contributed by atoms with van der Waals surface area (Å²) in [5, 5.41) is 1.86. The van der Waals surface area contributed by atoms with Crippen molar-refractivity contribution >= 4 is 21.9 Å². The van der Waals surface area contributed by atoms with Crippen molar-refractivity contribution in [3.05, 3.63) is 181 Å². The molecular weight excluding hydrogens is 689 g/mol. The minimum absolute atomic E-state index is 0.552. The molecule has 0 aliphatic carbocycles. The van der Waals surface area contributed by atoms with Crippen molar-refractivity contribution in [1.29, 1.82) is 0 Å². The Kier molecular flexibility index (Phi) is 8.22. The Hall–Kier alpha value is -7.64. The van der Waals surface area contributed by atoms with Crippen LogP contribution >= 0.6 is 0 Å². The van der Waals surface area contributed by atoms with Gasteiger partial charge in [-0.15, -0.1) is 0 Å². The molecule has 0 amide bonds. The summed E-state index contributed by atoms with van der Waals surface area (Å²) in [6.45, 7) is 2.11. The first kappa shape index (κ1) is 33.0. The zero-order chi connectivity index (χ0) is 37.4. The van der Waals surface area contributed by atoms with Gasteiger partial charge in [-0.2, -0.15) is 0 Å². The smallest absolute Gasteiger partial charge is 0.164 e. The summed E-state index contributed by atoms with van der Waals surface area (Å²) < 4.78 is 6.56. The van der Waals surface area contributed by atoms with Gasteiger partial charge < -0.3 is 4.42 Å². The topological polar surface area (TPSA) is 90.5 Å². The molecule has 0 aliphatic heterocycles. The molecule has 0 fully saturated rings. The molecule has 10 rings (SSSR count). The van der Waals surface area contributed by atoms with Crippen molar-refractivity contribution in [1.82, 2.24) is 29.9 Å². The van der Waals surface area contributed by atoms with E-state index in [1.165, 1.54) is 11.1 Å². The maximum absolute atomic E-state index is 6.56. The molecule has 0 aliphatic rings. The first-order chi connectivity index (χ1) is 27.6. The quantitative estimate of drug-likeness (QED) is 0.162. The number of benzene rings is 7. The standard InChI is InChI=1S/C49H32N6O/c1-31-13-11-20-37(29-31)32-23-25-36(26-24-32)47-50-44(33-14-5-2-6-15-33)52-48(53-47)38-27-28-39-42(30-38)56-41-22-12-21-40(43(39)41)49-54-45(34-16-7-3-8-17-34)51-46(55-49)35-18-9-4-10-19-35/h2-30H,1H3. The van der Waals surface area contributed by atoms with Gasteiger partial charge in [-0.25, -0.2) is 29.9 Å². The number of rotatable bonds is 7. The van der Waals surface area contributed by atoms with Gasteiger partial charge in [0.05, 0.1) is 0 Å². The molecule has 3 aromatic heterocycles. The molecule has 10 aromatic rings. The molecule has 0 saturated carbocycles. The monoisotopic (exact) mass is 720 g/mol. The second-order valence-electron chi connectivity index (χ2n) is 13.6. The van der Waals surface area contributed by atoms with Crippen LogP contribution in [0.2, 0.25) is 0 Å². The summed E-state index contributed by atoms with van der Waals surface area (Å²) in [7, 11) is 0. The highest BCUT2D eigenvalue weighted by Crippen LogP contribution is 2.38. The average Bonchev–Trinajstić information content (AvgIpc) is 3.65. The van der Waals surface area contributed by atoms with Crippen LogP contribution in [0.1, 0.15) is 5.56 Å². The molecule has 0 atom stereocenters. The lowest BCUT2D eigenvalue weighted by Gasteiger charge is -2.10. The molecule has 56 heavy (non-hydrogen) atoms.